The predicted octanol–water partition coefficient (Wildman–Crippen LogP) is -9.06. The topological polar surface area (TPSA) is 230 Å². The summed E-state index contributed by atoms with van der Waals surface area (Å²) in [6.45, 7) is -3.25. The average molecular weight is 383 g/mol. The first-order valence-corrected chi connectivity index (χ1v) is 5.44. The fraction of sp³-hybridized carbons (Fsp3) is 0.600. The van der Waals surface area contributed by atoms with Gasteiger partial charge in [0.1, 0.15) is 0 Å². The minimum absolute atomic E-state index is 0. The molecule has 0 unspecified atom stereocenters. The summed E-state index contributed by atoms with van der Waals surface area (Å²) in [7, 11) is 0. The Balaban J connectivity index is -0.000000602. The Labute approximate surface area is 141 Å². The molecule has 0 amide bonds. The molecular formula is C10H16CoN2O10. The molecule has 4 N–H and O–H groups in total. The first kappa shape index (κ1) is 29.3. The van der Waals surface area contributed by atoms with E-state index in [2.05, 4.69) is 0 Å². The number of carbonyl (C=O) groups is 4. The van der Waals surface area contributed by atoms with Crippen molar-refractivity contribution in [3.63, 3.8) is 0 Å². The molecule has 0 aliphatic heterocycles. The second-order valence-electron chi connectivity index (χ2n) is 3.91. The van der Waals surface area contributed by atoms with Crippen molar-refractivity contribution in [3.05, 3.63) is 0 Å². The van der Waals surface area contributed by atoms with Crippen LogP contribution < -0.4 is 20.4 Å². The van der Waals surface area contributed by atoms with Crippen LogP contribution in [0.25, 0.3) is 0 Å². The quantitative estimate of drug-likeness (QED) is 0.327. The standard InChI is InChI=1S/C10H16N2O8.Co.2H2O/c13-7(14)3-11(4-8(15)16)1-2-12(5-9(17)18)6-10(19)20;;;/h1-6H2,(H,13,14)(H,15,16)(H,17,18)(H,19,20);;2*1H2/q;+4;;/p-4. The Hall–Kier alpha value is -1.77. The van der Waals surface area contributed by atoms with E-state index in [1.54, 1.807) is 0 Å². The second kappa shape index (κ2) is 15.1. The summed E-state index contributed by atoms with van der Waals surface area (Å²) in [5, 5.41) is 41.6. The normalized spacial score (nSPS) is 9.30. The van der Waals surface area contributed by atoms with Gasteiger partial charge < -0.3 is 50.6 Å². The minimum atomic E-state index is -1.53. The number of aliphatic carboxylic acids is 4. The van der Waals surface area contributed by atoms with Gasteiger partial charge in [-0.3, -0.25) is 9.80 Å². The Morgan fingerprint density at radius 2 is 0.739 bits per heavy atom. The van der Waals surface area contributed by atoms with Crippen molar-refractivity contribution in [1.29, 1.82) is 0 Å². The summed E-state index contributed by atoms with van der Waals surface area (Å²) >= 11 is 0. The van der Waals surface area contributed by atoms with E-state index in [0.29, 0.717) is 0 Å². The van der Waals surface area contributed by atoms with Gasteiger partial charge in [0.25, 0.3) is 0 Å². The van der Waals surface area contributed by atoms with Crippen molar-refractivity contribution >= 4 is 23.9 Å². The number of hydrogen-bond acceptors (Lipinski definition) is 10. The number of carbonyl (C=O) groups excluding carboxylic acids is 4. The maximum atomic E-state index is 10.4. The number of nitrogens with zero attached hydrogens (tertiary/aromatic N) is 2. The Morgan fingerprint density at radius 1 is 0.565 bits per heavy atom. The molecule has 0 bridgehead atoms. The molecule has 0 saturated carbocycles. The predicted molar refractivity (Wildman–Crippen MR) is 60.1 cm³/mol. The molecule has 0 aromatic heterocycles. The number of hydrogen-bond donors (Lipinski definition) is 0. The van der Waals surface area contributed by atoms with Crippen molar-refractivity contribution in [3.8, 4) is 0 Å². The molecular weight excluding hydrogens is 367 g/mol. The van der Waals surface area contributed by atoms with E-state index in [1.807, 2.05) is 0 Å². The van der Waals surface area contributed by atoms with E-state index in [4.69, 9.17) is 0 Å². The zero-order valence-electron chi connectivity index (χ0n) is 11.7. The van der Waals surface area contributed by atoms with Crippen LogP contribution in [0.2, 0.25) is 0 Å². The molecule has 0 aromatic carbocycles. The number of carboxylic acid groups (broad SMARTS) is 4. The van der Waals surface area contributed by atoms with E-state index < -0.39 is 50.1 Å². The van der Waals surface area contributed by atoms with Crippen LogP contribution in [0.4, 0.5) is 0 Å². The molecule has 0 aliphatic rings. The van der Waals surface area contributed by atoms with Crippen LogP contribution in [-0.4, -0.2) is 83.9 Å². The van der Waals surface area contributed by atoms with E-state index in [9.17, 15) is 39.6 Å². The molecule has 0 aliphatic carbocycles. The van der Waals surface area contributed by atoms with Crippen LogP contribution in [0.5, 0.6) is 0 Å². The number of rotatable bonds is 11. The number of carboxylic acids is 4. The third kappa shape index (κ3) is 18.2. The Bertz CT molecular complexity index is 324. The third-order valence-electron chi connectivity index (χ3n) is 2.14. The zero-order chi connectivity index (χ0) is 15.7. The maximum Gasteiger partial charge on any atom is 4.00 e. The molecule has 0 rings (SSSR count). The first-order valence-electron chi connectivity index (χ1n) is 5.44. The van der Waals surface area contributed by atoms with Crippen LogP contribution >= 0.6 is 0 Å². The molecule has 1 radical (unpaired) electrons. The summed E-state index contributed by atoms with van der Waals surface area (Å²) in [6, 6.07) is 0. The fourth-order valence-electron chi connectivity index (χ4n) is 1.44. The van der Waals surface area contributed by atoms with Crippen molar-refractivity contribution in [2.45, 2.75) is 0 Å². The van der Waals surface area contributed by atoms with Crippen LogP contribution in [0, 0.1) is 0 Å². The van der Waals surface area contributed by atoms with Gasteiger partial charge in [0.15, 0.2) is 0 Å². The van der Waals surface area contributed by atoms with Gasteiger partial charge in [-0.2, -0.15) is 0 Å². The third-order valence-corrected chi connectivity index (χ3v) is 2.14. The molecule has 0 spiro atoms. The molecule has 0 fully saturated rings. The summed E-state index contributed by atoms with van der Waals surface area (Å²) in [5.74, 6) is -6.12. The van der Waals surface area contributed by atoms with Gasteiger partial charge in [-0.15, -0.1) is 0 Å². The Morgan fingerprint density at radius 3 is 0.870 bits per heavy atom. The molecule has 0 saturated heterocycles. The van der Waals surface area contributed by atoms with Gasteiger partial charge in [0, 0.05) is 39.3 Å². The van der Waals surface area contributed by atoms with Gasteiger partial charge in [0.2, 0.25) is 0 Å². The molecule has 12 nitrogen and oxygen atoms in total. The van der Waals surface area contributed by atoms with Gasteiger partial charge in [-0.05, 0) is 0 Å². The average Bonchev–Trinajstić information content (AvgIpc) is 2.22. The monoisotopic (exact) mass is 383 g/mol. The van der Waals surface area contributed by atoms with Crippen LogP contribution in [0.1, 0.15) is 0 Å². The maximum absolute atomic E-state index is 10.4. The second-order valence-corrected chi connectivity index (χ2v) is 3.91. The summed E-state index contributed by atoms with van der Waals surface area (Å²) in [5.41, 5.74) is 0. The smallest absolute Gasteiger partial charge is 0.549 e. The van der Waals surface area contributed by atoms with Crippen molar-refractivity contribution < 1.29 is 67.3 Å². The molecule has 0 aromatic rings. The Kier molecular flexibility index (Phi) is 19.3. The van der Waals surface area contributed by atoms with Crippen molar-refractivity contribution in [1.82, 2.24) is 9.80 Å². The van der Waals surface area contributed by atoms with Crippen LogP contribution in [0.15, 0.2) is 0 Å². The molecule has 13 heteroatoms. The SMILES string of the molecule is O.O.O=C([O-])CN(CCN(CC(=O)[O-])CC(=O)[O-])CC(=O)[O-].[Co+4]. The van der Waals surface area contributed by atoms with Crippen molar-refractivity contribution in [2.75, 3.05) is 39.3 Å². The van der Waals surface area contributed by atoms with Gasteiger partial charge in [0.05, 0.1) is 23.9 Å². The molecule has 135 valence electrons. The van der Waals surface area contributed by atoms with E-state index in [1.165, 1.54) is 0 Å². The minimum Gasteiger partial charge on any atom is -0.549 e. The van der Waals surface area contributed by atoms with Crippen LogP contribution in [-0.2, 0) is 36.0 Å². The fourth-order valence-corrected chi connectivity index (χ4v) is 1.44. The first-order chi connectivity index (χ1) is 9.20. The van der Waals surface area contributed by atoms with Crippen molar-refractivity contribution in [2.24, 2.45) is 0 Å². The van der Waals surface area contributed by atoms with E-state index >= 15 is 0 Å². The molecule has 0 atom stereocenters. The molecule has 0 heterocycles. The van der Waals surface area contributed by atoms with E-state index in [0.717, 1.165) is 9.80 Å². The van der Waals surface area contributed by atoms with Gasteiger partial charge in [-0.1, -0.05) is 0 Å². The van der Waals surface area contributed by atoms with E-state index in [-0.39, 0.29) is 40.8 Å². The zero-order valence-corrected chi connectivity index (χ0v) is 12.8. The summed E-state index contributed by atoms with van der Waals surface area (Å²) in [6.07, 6.45) is 0. The molecule has 23 heavy (non-hydrogen) atoms. The van der Waals surface area contributed by atoms with Crippen LogP contribution in [0.3, 0.4) is 0 Å². The summed E-state index contributed by atoms with van der Waals surface area (Å²) in [4.78, 5) is 43.4. The largest absolute Gasteiger partial charge is 4.00 e. The van der Waals surface area contributed by atoms with Gasteiger partial charge >= 0.3 is 16.8 Å². The summed E-state index contributed by atoms with van der Waals surface area (Å²) < 4.78 is 0. The van der Waals surface area contributed by atoms with Gasteiger partial charge in [-0.25, -0.2) is 0 Å².